The van der Waals surface area contributed by atoms with E-state index in [4.69, 9.17) is 0 Å². The van der Waals surface area contributed by atoms with Crippen molar-refractivity contribution in [2.45, 2.75) is 51.0 Å². The van der Waals surface area contributed by atoms with Crippen molar-refractivity contribution in [3.05, 3.63) is 47.0 Å². The number of hydrogen-bond donors (Lipinski definition) is 3. The van der Waals surface area contributed by atoms with Crippen molar-refractivity contribution in [1.29, 1.82) is 0 Å². The first-order chi connectivity index (χ1) is 14.0. The fourth-order valence-corrected chi connectivity index (χ4v) is 4.19. The third-order valence-electron chi connectivity index (χ3n) is 5.02. The Balaban J connectivity index is 1.52. The van der Waals surface area contributed by atoms with E-state index in [2.05, 4.69) is 15.6 Å². The molecule has 1 unspecified atom stereocenters. The maximum atomic E-state index is 12.3. The summed E-state index contributed by atoms with van der Waals surface area (Å²) in [5.74, 6) is -1.47. The molecule has 1 aromatic heterocycles. The van der Waals surface area contributed by atoms with Gasteiger partial charge < -0.3 is 15.7 Å². The van der Waals surface area contributed by atoms with Crippen molar-refractivity contribution in [1.82, 2.24) is 10.3 Å². The van der Waals surface area contributed by atoms with Crippen LogP contribution in [0.15, 0.2) is 35.7 Å². The Bertz CT molecular complexity index is 847. The summed E-state index contributed by atoms with van der Waals surface area (Å²) in [6.45, 7) is 0. The van der Waals surface area contributed by atoms with Crippen LogP contribution in [0.4, 0.5) is 5.13 Å². The van der Waals surface area contributed by atoms with E-state index in [0.717, 1.165) is 31.2 Å². The first kappa shape index (κ1) is 21.0. The summed E-state index contributed by atoms with van der Waals surface area (Å²) in [5.41, 5.74) is 1.34. The van der Waals surface area contributed by atoms with Gasteiger partial charge in [-0.05, 0) is 18.4 Å². The minimum absolute atomic E-state index is 0.0103. The Labute approximate surface area is 173 Å². The number of hydrogen-bond acceptors (Lipinski definition) is 5. The Morgan fingerprint density at radius 2 is 1.86 bits per heavy atom. The van der Waals surface area contributed by atoms with Crippen LogP contribution in [0.3, 0.4) is 0 Å². The predicted molar refractivity (Wildman–Crippen MR) is 111 cm³/mol. The number of aromatic nitrogens is 1. The summed E-state index contributed by atoms with van der Waals surface area (Å²) in [6, 6.07) is 8.15. The number of benzene rings is 1. The average Bonchev–Trinajstić information content (AvgIpc) is 3.15. The SMILES string of the molecule is O=C(Cc1csc(NC(=O)C2CCCCC2)n1)NC(Cc1ccccc1)C(=O)O. The molecular formula is C21H25N3O4S. The molecule has 3 rings (SSSR count). The monoisotopic (exact) mass is 415 g/mol. The zero-order valence-corrected chi connectivity index (χ0v) is 16.9. The first-order valence-electron chi connectivity index (χ1n) is 9.82. The van der Waals surface area contributed by atoms with Gasteiger partial charge in [0, 0.05) is 17.7 Å². The highest BCUT2D eigenvalue weighted by molar-refractivity contribution is 7.13. The van der Waals surface area contributed by atoms with Crippen LogP contribution < -0.4 is 10.6 Å². The van der Waals surface area contributed by atoms with E-state index >= 15 is 0 Å². The third-order valence-corrected chi connectivity index (χ3v) is 5.82. The molecule has 1 aliphatic rings. The van der Waals surface area contributed by atoms with Crippen molar-refractivity contribution in [2.24, 2.45) is 5.92 Å². The number of anilines is 1. The summed E-state index contributed by atoms with van der Waals surface area (Å²) in [6.07, 6.45) is 5.33. The lowest BCUT2D eigenvalue weighted by Gasteiger charge is -2.19. The molecule has 154 valence electrons. The molecule has 2 amide bonds. The molecule has 0 saturated heterocycles. The van der Waals surface area contributed by atoms with Crippen LogP contribution in [-0.4, -0.2) is 33.9 Å². The molecule has 1 aliphatic carbocycles. The van der Waals surface area contributed by atoms with E-state index in [9.17, 15) is 19.5 Å². The molecule has 3 N–H and O–H groups in total. The molecule has 0 spiro atoms. The number of rotatable bonds is 8. The van der Waals surface area contributed by atoms with Gasteiger partial charge in [-0.1, -0.05) is 49.6 Å². The van der Waals surface area contributed by atoms with Crippen molar-refractivity contribution >= 4 is 34.3 Å². The molecule has 1 saturated carbocycles. The number of thiazole rings is 1. The smallest absolute Gasteiger partial charge is 0.326 e. The molecule has 1 atom stereocenters. The maximum absolute atomic E-state index is 12.3. The molecule has 0 bridgehead atoms. The number of nitrogens with one attached hydrogen (secondary N) is 2. The van der Waals surface area contributed by atoms with Crippen LogP contribution in [0.2, 0.25) is 0 Å². The van der Waals surface area contributed by atoms with Gasteiger partial charge in [-0.3, -0.25) is 9.59 Å². The van der Waals surface area contributed by atoms with E-state index in [1.165, 1.54) is 17.8 Å². The summed E-state index contributed by atoms with van der Waals surface area (Å²) in [4.78, 5) is 40.4. The number of carbonyl (C=O) groups excluding carboxylic acids is 2. The van der Waals surface area contributed by atoms with E-state index in [1.54, 1.807) is 5.38 Å². The summed E-state index contributed by atoms with van der Waals surface area (Å²) < 4.78 is 0. The second kappa shape index (κ2) is 10.2. The van der Waals surface area contributed by atoms with Gasteiger partial charge in [-0.2, -0.15) is 0 Å². The largest absolute Gasteiger partial charge is 0.480 e. The minimum atomic E-state index is -1.08. The Hall–Kier alpha value is -2.74. The molecule has 1 aromatic carbocycles. The van der Waals surface area contributed by atoms with Gasteiger partial charge in [-0.25, -0.2) is 9.78 Å². The van der Waals surface area contributed by atoms with Gasteiger partial charge in [0.25, 0.3) is 0 Å². The zero-order chi connectivity index (χ0) is 20.6. The molecule has 7 nitrogen and oxygen atoms in total. The molecule has 8 heteroatoms. The Morgan fingerprint density at radius 3 is 2.55 bits per heavy atom. The van der Waals surface area contributed by atoms with Crippen molar-refractivity contribution in [3.63, 3.8) is 0 Å². The average molecular weight is 416 g/mol. The highest BCUT2D eigenvalue weighted by Crippen LogP contribution is 2.25. The second-order valence-corrected chi connectivity index (χ2v) is 8.15. The van der Waals surface area contributed by atoms with Gasteiger partial charge in [0.15, 0.2) is 5.13 Å². The van der Waals surface area contributed by atoms with Crippen LogP contribution in [0, 0.1) is 5.92 Å². The highest BCUT2D eigenvalue weighted by atomic mass is 32.1. The number of aliphatic carboxylic acids is 1. The van der Waals surface area contributed by atoms with Crippen LogP contribution in [0.1, 0.15) is 43.4 Å². The summed E-state index contributed by atoms with van der Waals surface area (Å²) >= 11 is 1.27. The van der Waals surface area contributed by atoms with Crippen molar-refractivity contribution in [2.75, 3.05) is 5.32 Å². The number of carboxylic acids is 1. The van der Waals surface area contributed by atoms with Gasteiger partial charge in [0.1, 0.15) is 6.04 Å². The lowest BCUT2D eigenvalue weighted by molar-refractivity contribution is -0.141. The molecule has 0 radical (unpaired) electrons. The third kappa shape index (κ3) is 6.39. The van der Waals surface area contributed by atoms with Crippen molar-refractivity contribution in [3.8, 4) is 0 Å². The number of amides is 2. The minimum Gasteiger partial charge on any atom is -0.480 e. The molecular weight excluding hydrogens is 390 g/mol. The van der Waals surface area contributed by atoms with Gasteiger partial charge in [-0.15, -0.1) is 11.3 Å². The molecule has 1 heterocycles. The summed E-state index contributed by atoms with van der Waals surface area (Å²) in [5, 5.41) is 17.0. The van der Waals surface area contributed by atoms with E-state index in [-0.39, 0.29) is 24.7 Å². The van der Waals surface area contributed by atoms with Crippen molar-refractivity contribution < 1.29 is 19.5 Å². The fourth-order valence-electron chi connectivity index (χ4n) is 3.48. The van der Waals surface area contributed by atoms with Crippen LogP contribution in [0.5, 0.6) is 0 Å². The van der Waals surface area contributed by atoms with Crippen LogP contribution >= 0.6 is 11.3 Å². The topological polar surface area (TPSA) is 108 Å². The molecule has 29 heavy (non-hydrogen) atoms. The fraction of sp³-hybridized carbons (Fsp3) is 0.429. The molecule has 2 aromatic rings. The van der Waals surface area contributed by atoms with Crippen LogP contribution in [-0.2, 0) is 27.2 Å². The van der Waals surface area contributed by atoms with E-state index in [1.807, 2.05) is 30.3 Å². The van der Waals surface area contributed by atoms with Gasteiger partial charge in [0.05, 0.1) is 12.1 Å². The zero-order valence-electron chi connectivity index (χ0n) is 16.1. The van der Waals surface area contributed by atoms with E-state index in [0.29, 0.717) is 10.8 Å². The quantitative estimate of drug-likeness (QED) is 0.614. The Morgan fingerprint density at radius 1 is 1.14 bits per heavy atom. The standard InChI is InChI=1S/C21H25N3O4S/c25-18(23-17(20(27)28)11-14-7-3-1-4-8-14)12-16-13-29-21(22-16)24-19(26)15-9-5-2-6-10-15/h1,3-4,7-8,13,15,17H,2,5-6,9-12H2,(H,23,25)(H,27,28)(H,22,24,26). The molecule has 1 fully saturated rings. The second-order valence-electron chi connectivity index (χ2n) is 7.29. The number of nitrogens with zero attached hydrogens (tertiary/aromatic N) is 1. The highest BCUT2D eigenvalue weighted by Gasteiger charge is 2.23. The molecule has 0 aliphatic heterocycles. The van der Waals surface area contributed by atoms with Gasteiger partial charge >= 0.3 is 5.97 Å². The maximum Gasteiger partial charge on any atom is 0.326 e. The van der Waals surface area contributed by atoms with E-state index < -0.39 is 17.9 Å². The number of carbonyl (C=O) groups is 3. The first-order valence-corrected chi connectivity index (χ1v) is 10.7. The summed E-state index contributed by atoms with van der Waals surface area (Å²) in [7, 11) is 0. The normalized spacial score (nSPS) is 15.4. The Kier molecular flexibility index (Phi) is 7.35. The number of carboxylic acid groups (broad SMARTS) is 1. The lowest BCUT2D eigenvalue weighted by atomic mass is 9.89. The van der Waals surface area contributed by atoms with Crippen LogP contribution in [0.25, 0.3) is 0 Å². The van der Waals surface area contributed by atoms with Gasteiger partial charge in [0.2, 0.25) is 11.8 Å². The lowest BCUT2D eigenvalue weighted by Crippen LogP contribution is -2.43. The predicted octanol–water partition coefficient (Wildman–Crippen LogP) is 3.02.